The van der Waals surface area contributed by atoms with E-state index >= 15 is 0 Å². The van der Waals surface area contributed by atoms with Crippen molar-refractivity contribution in [1.29, 1.82) is 0 Å². The van der Waals surface area contributed by atoms with Crippen molar-refractivity contribution in [2.45, 2.75) is 6.92 Å². The molecule has 0 aromatic heterocycles. The van der Waals surface area contributed by atoms with Crippen LogP contribution in [0.4, 0.5) is 10.5 Å². The number of hydrogen-bond acceptors (Lipinski definition) is 4. The van der Waals surface area contributed by atoms with Crippen LogP contribution in [-0.2, 0) is 9.53 Å². The summed E-state index contributed by atoms with van der Waals surface area (Å²) in [6.07, 6.45) is 0. The number of esters is 1. The summed E-state index contributed by atoms with van der Waals surface area (Å²) in [7, 11) is 1.51. The fraction of sp³-hybridized carbons (Fsp3) is 0.333. The molecule has 2 N–H and O–H groups in total. The van der Waals surface area contributed by atoms with Gasteiger partial charge in [0, 0.05) is 6.07 Å². The number of hydrogen-bond donors (Lipinski definition) is 2. The zero-order valence-electron chi connectivity index (χ0n) is 10.7. The molecule has 0 unspecified atom stereocenters. The molecular weight excluding hydrogens is 272 g/mol. The zero-order valence-corrected chi connectivity index (χ0v) is 11.4. The van der Waals surface area contributed by atoms with Crippen molar-refractivity contribution in [2.75, 3.05) is 25.6 Å². The number of halogens is 1. The summed E-state index contributed by atoms with van der Waals surface area (Å²) in [6.45, 7) is 1.75. The van der Waals surface area contributed by atoms with Crippen LogP contribution < -0.4 is 15.4 Å². The lowest BCUT2D eigenvalue weighted by atomic mass is 10.3. The maximum Gasteiger partial charge on any atom is 0.325 e. The first-order valence-electron chi connectivity index (χ1n) is 5.60. The number of benzene rings is 1. The second-order valence-electron chi connectivity index (χ2n) is 3.46. The van der Waals surface area contributed by atoms with Crippen molar-refractivity contribution in [2.24, 2.45) is 0 Å². The highest BCUT2D eigenvalue weighted by Gasteiger charge is 2.09. The van der Waals surface area contributed by atoms with Gasteiger partial charge >= 0.3 is 12.0 Å². The van der Waals surface area contributed by atoms with Crippen molar-refractivity contribution < 1.29 is 19.1 Å². The lowest BCUT2D eigenvalue weighted by Crippen LogP contribution is -2.34. The molecule has 0 aliphatic heterocycles. The Morgan fingerprint density at radius 1 is 1.37 bits per heavy atom. The van der Waals surface area contributed by atoms with Gasteiger partial charge in [0.05, 0.1) is 24.4 Å². The van der Waals surface area contributed by atoms with Crippen molar-refractivity contribution in [3.63, 3.8) is 0 Å². The first-order chi connectivity index (χ1) is 9.06. The molecule has 1 rings (SSSR count). The Bertz CT molecular complexity index is 465. The zero-order chi connectivity index (χ0) is 14.3. The lowest BCUT2D eigenvalue weighted by molar-refractivity contribution is -0.141. The van der Waals surface area contributed by atoms with E-state index in [4.69, 9.17) is 16.3 Å². The summed E-state index contributed by atoms with van der Waals surface area (Å²) in [5.41, 5.74) is 0.391. The van der Waals surface area contributed by atoms with E-state index in [0.29, 0.717) is 16.5 Å². The molecule has 0 atom stereocenters. The molecular formula is C12H15ClN2O4. The fourth-order valence-corrected chi connectivity index (χ4v) is 1.42. The van der Waals surface area contributed by atoms with Gasteiger partial charge in [0.2, 0.25) is 0 Å². The van der Waals surface area contributed by atoms with Crippen LogP contribution in [0.15, 0.2) is 18.2 Å². The molecule has 0 heterocycles. The van der Waals surface area contributed by atoms with Crippen LogP contribution in [0, 0.1) is 0 Å². The van der Waals surface area contributed by atoms with E-state index in [1.165, 1.54) is 7.11 Å². The van der Waals surface area contributed by atoms with Crippen LogP contribution in [0.1, 0.15) is 6.92 Å². The summed E-state index contributed by atoms with van der Waals surface area (Å²) in [6, 6.07) is 4.29. The second-order valence-corrected chi connectivity index (χ2v) is 3.87. The molecule has 0 radical (unpaired) electrons. The Balaban J connectivity index is 2.54. The van der Waals surface area contributed by atoms with Crippen molar-refractivity contribution in [3.05, 3.63) is 23.2 Å². The molecule has 0 saturated carbocycles. The largest absolute Gasteiger partial charge is 0.497 e. The van der Waals surface area contributed by atoms with E-state index in [9.17, 15) is 9.59 Å². The van der Waals surface area contributed by atoms with E-state index in [2.05, 4.69) is 15.4 Å². The average molecular weight is 287 g/mol. The molecule has 0 aliphatic rings. The van der Waals surface area contributed by atoms with Gasteiger partial charge in [-0.3, -0.25) is 4.79 Å². The molecule has 2 amide bonds. The first-order valence-corrected chi connectivity index (χ1v) is 5.98. The Morgan fingerprint density at radius 3 is 2.74 bits per heavy atom. The predicted molar refractivity (Wildman–Crippen MR) is 71.7 cm³/mol. The van der Waals surface area contributed by atoms with Gasteiger partial charge in [-0.1, -0.05) is 11.6 Å². The molecule has 0 fully saturated rings. The Labute approximate surface area is 116 Å². The highest BCUT2D eigenvalue weighted by Crippen LogP contribution is 2.26. The number of rotatable bonds is 5. The predicted octanol–water partition coefficient (Wildman–Crippen LogP) is 2.03. The summed E-state index contributed by atoms with van der Waals surface area (Å²) in [5.74, 6) is 0.0551. The van der Waals surface area contributed by atoms with Crippen molar-refractivity contribution in [1.82, 2.24) is 5.32 Å². The second kappa shape index (κ2) is 7.48. The molecule has 104 valence electrons. The van der Waals surface area contributed by atoms with Gasteiger partial charge in [-0.2, -0.15) is 0 Å². The van der Waals surface area contributed by atoms with E-state index in [0.717, 1.165) is 0 Å². The molecule has 6 nitrogen and oxygen atoms in total. The molecule has 19 heavy (non-hydrogen) atoms. The quantitative estimate of drug-likeness (QED) is 0.812. The smallest absolute Gasteiger partial charge is 0.325 e. The monoisotopic (exact) mass is 286 g/mol. The molecule has 7 heteroatoms. The third-order valence-electron chi connectivity index (χ3n) is 2.12. The molecule has 0 spiro atoms. The number of anilines is 1. The number of carbonyl (C=O) groups excluding carboxylic acids is 2. The number of methoxy groups -OCH3 is 1. The van der Waals surface area contributed by atoms with Gasteiger partial charge in [0.1, 0.15) is 12.3 Å². The number of amides is 2. The highest BCUT2D eigenvalue weighted by atomic mass is 35.5. The molecule has 1 aromatic rings. The third kappa shape index (κ3) is 5.05. The minimum absolute atomic E-state index is 0.207. The molecule has 0 saturated heterocycles. The van der Waals surface area contributed by atoms with E-state index in [1.807, 2.05) is 0 Å². The van der Waals surface area contributed by atoms with Gasteiger partial charge in [0.15, 0.2) is 0 Å². The van der Waals surface area contributed by atoms with Crippen LogP contribution >= 0.6 is 11.6 Å². The van der Waals surface area contributed by atoms with Crippen LogP contribution in [0.3, 0.4) is 0 Å². The summed E-state index contributed by atoms with van der Waals surface area (Å²) in [5, 5.41) is 5.24. The standard InChI is InChI=1S/C12H15ClN2O4/c1-3-19-11(16)7-14-12(17)15-10-6-8(18-2)4-5-9(10)13/h4-6H,3,7H2,1-2H3,(H2,14,15,17). The van der Waals surface area contributed by atoms with E-state index in [1.54, 1.807) is 25.1 Å². The lowest BCUT2D eigenvalue weighted by Gasteiger charge is -2.10. The van der Waals surface area contributed by atoms with Crippen LogP contribution in [0.25, 0.3) is 0 Å². The van der Waals surface area contributed by atoms with Gasteiger partial charge in [-0.25, -0.2) is 4.79 Å². The molecule has 1 aromatic carbocycles. The summed E-state index contributed by atoms with van der Waals surface area (Å²) >= 11 is 5.92. The number of ether oxygens (including phenoxy) is 2. The molecule has 0 aliphatic carbocycles. The normalized spacial score (nSPS) is 9.63. The number of urea groups is 1. The van der Waals surface area contributed by atoms with Crippen LogP contribution in [-0.4, -0.2) is 32.3 Å². The third-order valence-corrected chi connectivity index (χ3v) is 2.45. The molecule has 0 bridgehead atoms. The van der Waals surface area contributed by atoms with Gasteiger partial charge in [0.25, 0.3) is 0 Å². The average Bonchev–Trinajstić information content (AvgIpc) is 2.39. The van der Waals surface area contributed by atoms with Crippen LogP contribution in [0.2, 0.25) is 5.02 Å². The minimum Gasteiger partial charge on any atom is -0.497 e. The van der Waals surface area contributed by atoms with E-state index in [-0.39, 0.29) is 13.2 Å². The topological polar surface area (TPSA) is 76.7 Å². The van der Waals surface area contributed by atoms with Crippen LogP contribution in [0.5, 0.6) is 5.75 Å². The van der Waals surface area contributed by atoms with Gasteiger partial charge < -0.3 is 20.1 Å². The Morgan fingerprint density at radius 2 is 2.11 bits per heavy atom. The van der Waals surface area contributed by atoms with Crippen molar-refractivity contribution >= 4 is 29.3 Å². The van der Waals surface area contributed by atoms with Gasteiger partial charge in [-0.15, -0.1) is 0 Å². The number of nitrogens with one attached hydrogen (secondary N) is 2. The Kier molecular flexibility index (Phi) is 5.95. The van der Waals surface area contributed by atoms with Crippen molar-refractivity contribution in [3.8, 4) is 5.75 Å². The van der Waals surface area contributed by atoms with E-state index < -0.39 is 12.0 Å². The highest BCUT2D eigenvalue weighted by molar-refractivity contribution is 6.33. The SMILES string of the molecule is CCOC(=O)CNC(=O)Nc1cc(OC)ccc1Cl. The maximum atomic E-state index is 11.5. The fourth-order valence-electron chi connectivity index (χ4n) is 1.26. The Hall–Kier alpha value is -1.95. The van der Waals surface area contributed by atoms with Gasteiger partial charge in [-0.05, 0) is 19.1 Å². The summed E-state index contributed by atoms with van der Waals surface area (Å²) in [4.78, 5) is 22.6. The summed E-state index contributed by atoms with van der Waals surface area (Å²) < 4.78 is 9.69. The number of carbonyl (C=O) groups is 2. The minimum atomic E-state index is -0.553. The first kappa shape index (κ1) is 15.1. The maximum absolute atomic E-state index is 11.5.